The topological polar surface area (TPSA) is 55.3 Å². The van der Waals surface area contributed by atoms with Gasteiger partial charge in [-0.25, -0.2) is 0 Å². The number of nitrogens with two attached hydrogens (primary N) is 2. The Kier molecular flexibility index (Phi) is 5.67. The minimum Gasteiger partial charge on any atom is -0.397 e. The van der Waals surface area contributed by atoms with Gasteiger partial charge in [-0.3, -0.25) is 0 Å². The quantitative estimate of drug-likeness (QED) is 0.713. The summed E-state index contributed by atoms with van der Waals surface area (Å²) in [5, 5.41) is 0. The van der Waals surface area contributed by atoms with Crippen molar-refractivity contribution in [2.24, 2.45) is 0 Å². The molecule has 0 aliphatic rings. The standard InChI is InChI=1S/C14H25N3/c1-3-5-9-17(10-6-4-2)12-7-8-13(15)14(16)11-12/h7-8,11H,3-6,9-10,15-16H2,1-2H3. The van der Waals surface area contributed by atoms with Gasteiger partial charge >= 0.3 is 0 Å². The number of nitrogen functional groups attached to an aromatic ring is 2. The fraction of sp³-hybridized carbons (Fsp3) is 0.571. The molecule has 0 saturated heterocycles. The molecule has 0 amide bonds. The highest BCUT2D eigenvalue weighted by atomic mass is 15.1. The molecule has 3 heteroatoms. The monoisotopic (exact) mass is 235 g/mol. The van der Waals surface area contributed by atoms with Gasteiger partial charge in [0.2, 0.25) is 0 Å². The third kappa shape index (κ3) is 4.17. The smallest absolute Gasteiger partial charge is 0.0568 e. The molecule has 1 aromatic rings. The molecule has 0 heterocycles. The average Bonchev–Trinajstić information content (AvgIpc) is 2.33. The Labute approximate surface area is 105 Å². The van der Waals surface area contributed by atoms with E-state index in [1.54, 1.807) is 0 Å². The van der Waals surface area contributed by atoms with E-state index in [2.05, 4.69) is 24.8 Å². The van der Waals surface area contributed by atoms with E-state index >= 15 is 0 Å². The van der Waals surface area contributed by atoms with E-state index in [0.29, 0.717) is 11.4 Å². The third-order valence-corrected chi connectivity index (χ3v) is 3.00. The maximum Gasteiger partial charge on any atom is 0.0568 e. The molecule has 0 aliphatic carbocycles. The first-order chi connectivity index (χ1) is 8.19. The summed E-state index contributed by atoms with van der Waals surface area (Å²) in [5.41, 5.74) is 14.2. The summed E-state index contributed by atoms with van der Waals surface area (Å²) in [6, 6.07) is 5.95. The number of benzene rings is 1. The SMILES string of the molecule is CCCCN(CCCC)c1ccc(N)c(N)c1. The zero-order valence-corrected chi connectivity index (χ0v) is 11.1. The molecule has 0 radical (unpaired) electrons. The van der Waals surface area contributed by atoms with Crippen LogP contribution in [0.15, 0.2) is 18.2 Å². The maximum absolute atomic E-state index is 5.86. The number of nitrogens with zero attached hydrogens (tertiary/aromatic N) is 1. The predicted molar refractivity (Wildman–Crippen MR) is 77.3 cm³/mol. The van der Waals surface area contributed by atoms with Crippen LogP contribution < -0.4 is 16.4 Å². The summed E-state index contributed by atoms with van der Waals surface area (Å²) >= 11 is 0. The van der Waals surface area contributed by atoms with E-state index < -0.39 is 0 Å². The van der Waals surface area contributed by atoms with E-state index in [0.717, 1.165) is 13.1 Å². The summed E-state index contributed by atoms with van der Waals surface area (Å²) in [5.74, 6) is 0. The van der Waals surface area contributed by atoms with Crippen molar-refractivity contribution in [2.75, 3.05) is 29.5 Å². The zero-order chi connectivity index (χ0) is 12.7. The van der Waals surface area contributed by atoms with Gasteiger partial charge < -0.3 is 16.4 Å². The Morgan fingerprint density at radius 3 is 2.00 bits per heavy atom. The van der Waals surface area contributed by atoms with Crippen LogP contribution in [-0.2, 0) is 0 Å². The molecule has 17 heavy (non-hydrogen) atoms. The molecule has 0 fully saturated rings. The molecule has 0 spiro atoms. The van der Waals surface area contributed by atoms with Gasteiger partial charge in [0, 0.05) is 18.8 Å². The lowest BCUT2D eigenvalue weighted by atomic mass is 10.2. The van der Waals surface area contributed by atoms with Crippen LogP contribution in [0, 0.1) is 0 Å². The van der Waals surface area contributed by atoms with Crippen molar-refractivity contribution < 1.29 is 0 Å². The van der Waals surface area contributed by atoms with Crippen LogP contribution in [-0.4, -0.2) is 13.1 Å². The Bertz CT molecular complexity index is 328. The molecule has 0 atom stereocenters. The molecule has 1 aromatic carbocycles. The van der Waals surface area contributed by atoms with Gasteiger partial charge in [-0.1, -0.05) is 26.7 Å². The highest BCUT2D eigenvalue weighted by Crippen LogP contribution is 2.23. The lowest BCUT2D eigenvalue weighted by Gasteiger charge is -2.25. The zero-order valence-electron chi connectivity index (χ0n) is 11.1. The van der Waals surface area contributed by atoms with E-state index in [1.165, 1.54) is 31.4 Å². The molecule has 0 bridgehead atoms. The second kappa shape index (κ2) is 7.05. The molecular formula is C14H25N3. The summed E-state index contributed by atoms with van der Waals surface area (Å²) in [6.07, 6.45) is 4.86. The van der Waals surface area contributed by atoms with Crippen molar-refractivity contribution in [3.05, 3.63) is 18.2 Å². The first kappa shape index (κ1) is 13.7. The van der Waals surface area contributed by atoms with Gasteiger partial charge in [0.05, 0.1) is 11.4 Å². The number of rotatable bonds is 7. The number of anilines is 3. The van der Waals surface area contributed by atoms with E-state index in [1.807, 2.05) is 12.1 Å². The van der Waals surface area contributed by atoms with Crippen molar-refractivity contribution in [2.45, 2.75) is 39.5 Å². The third-order valence-electron chi connectivity index (χ3n) is 3.00. The van der Waals surface area contributed by atoms with Crippen LogP contribution in [0.25, 0.3) is 0 Å². The first-order valence-electron chi connectivity index (χ1n) is 6.59. The van der Waals surface area contributed by atoms with Gasteiger partial charge in [0.1, 0.15) is 0 Å². The van der Waals surface area contributed by atoms with Gasteiger partial charge in [0.25, 0.3) is 0 Å². The van der Waals surface area contributed by atoms with Gasteiger partial charge in [0.15, 0.2) is 0 Å². The molecule has 0 aromatic heterocycles. The Morgan fingerprint density at radius 2 is 1.53 bits per heavy atom. The second-order valence-electron chi connectivity index (χ2n) is 4.51. The summed E-state index contributed by atoms with van der Waals surface area (Å²) in [4.78, 5) is 2.41. The van der Waals surface area contributed by atoms with Crippen molar-refractivity contribution in [1.82, 2.24) is 0 Å². The second-order valence-corrected chi connectivity index (χ2v) is 4.51. The normalized spacial score (nSPS) is 10.5. The number of hydrogen-bond acceptors (Lipinski definition) is 3. The molecule has 0 saturated carbocycles. The molecule has 3 nitrogen and oxygen atoms in total. The van der Waals surface area contributed by atoms with Crippen LogP contribution in [0.2, 0.25) is 0 Å². The maximum atomic E-state index is 5.86. The highest BCUT2D eigenvalue weighted by molar-refractivity contribution is 5.69. The predicted octanol–water partition coefficient (Wildman–Crippen LogP) is 3.26. The van der Waals surface area contributed by atoms with E-state index in [9.17, 15) is 0 Å². The van der Waals surface area contributed by atoms with Crippen LogP contribution in [0.4, 0.5) is 17.1 Å². The van der Waals surface area contributed by atoms with E-state index in [4.69, 9.17) is 11.5 Å². The molecule has 96 valence electrons. The van der Waals surface area contributed by atoms with Crippen molar-refractivity contribution in [3.63, 3.8) is 0 Å². The lowest BCUT2D eigenvalue weighted by Crippen LogP contribution is -2.25. The minimum absolute atomic E-state index is 0.666. The largest absolute Gasteiger partial charge is 0.397 e. The van der Waals surface area contributed by atoms with Gasteiger partial charge in [-0.2, -0.15) is 0 Å². The van der Waals surface area contributed by atoms with Crippen LogP contribution in [0.1, 0.15) is 39.5 Å². The Morgan fingerprint density at radius 1 is 0.941 bits per heavy atom. The van der Waals surface area contributed by atoms with E-state index in [-0.39, 0.29) is 0 Å². The summed E-state index contributed by atoms with van der Waals surface area (Å²) in [7, 11) is 0. The van der Waals surface area contributed by atoms with Gasteiger partial charge in [-0.05, 0) is 31.0 Å². The molecule has 0 unspecified atom stereocenters. The minimum atomic E-state index is 0.666. The molecule has 0 aliphatic heterocycles. The first-order valence-corrected chi connectivity index (χ1v) is 6.59. The van der Waals surface area contributed by atoms with Crippen molar-refractivity contribution in [3.8, 4) is 0 Å². The Balaban J connectivity index is 2.75. The van der Waals surface area contributed by atoms with Crippen molar-refractivity contribution in [1.29, 1.82) is 0 Å². The fourth-order valence-corrected chi connectivity index (χ4v) is 1.83. The van der Waals surface area contributed by atoms with Crippen LogP contribution >= 0.6 is 0 Å². The van der Waals surface area contributed by atoms with Crippen LogP contribution in [0.5, 0.6) is 0 Å². The Hall–Kier alpha value is -1.38. The summed E-state index contributed by atoms with van der Waals surface area (Å²) in [6.45, 7) is 6.63. The molecule has 1 rings (SSSR count). The van der Waals surface area contributed by atoms with Crippen LogP contribution in [0.3, 0.4) is 0 Å². The highest BCUT2D eigenvalue weighted by Gasteiger charge is 2.06. The molecular weight excluding hydrogens is 210 g/mol. The fourth-order valence-electron chi connectivity index (χ4n) is 1.83. The lowest BCUT2D eigenvalue weighted by molar-refractivity contribution is 0.678. The number of unbranched alkanes of at least 4 members (excludes halogenated alkanes) is 2. The van der Waals surface area contributed by atoms with Crippen molar-refractivity contribution >= 4 is 17.1 Å². The summed E-state index contributed by atoms with van der Waals surface area (Å²) < 4.78 is 0. The average molecular weight is 235 g/mol. The molecule has 4 N–H and O–H groups in total. The number of hydrogen-bond donors (Lipinski definition) is 2. The van der Waals surface area contributed by atoms with Gasteiger partial charge in [-0.15, -0.1) is 0 Å².